The van der Waals surface area contributed by atoms with Gasteiger partial charge in [0.2, 0.25) is 5.95 Å². The lowest BCUT2D eigenvalue weighted by Gasteiger charge is -2.23. The summed E-state index contributed by atoms with van der Waals surface area (Å²) in [5.74, 6) is 1.03. The van der Waals surface area contributed by atoms with Crippen molar-refractivity contribution in [3.05, 3.63) is 11.9 Å². The molecule has 0 fully saturated rings. The normalized spacial score (nSPS) is 11.8. The SMILES string of the molecule is CCCCn1cc(C)nc1NCC(C)(C)CC. The fourth-order valence-corrected chi connectivity index (χ4v) is 1.63. The Kier molecular flexibility index (Phi) is 5.03. The van der Waals surface area contributed by atoms with Crippen LogP contribution in [0.5, 0.6) is 0 Å². The molecule has 0 amide bonds. The predicted octanol–water partition coefficient (Wildman–Crippen LogP) is 3.84. The van der Waals surface area contributed by atoms with E-state index in [0.717, 1.165) is 24.7 Å². The maximum atomic E-state index is 4.55. The van der Waals surface area contributed by atoms with Crippen LogP contribution in [-0.4, -0.2) is 16.1 Å². The molecule has 0 aromatic carbocycles. The second-order valence-electron chi connectivity index (χ2n) is 5.62. The zero-order valence-corrected chi connectivity index (χ0v) is 12.0. The molecular weight excluding hydrogens is 210 g/mol. The van der Waals surface area contributed by atoms with Crippen molar-refractivity contribution in [2.75, 3.05) is 11.9 Å². The lowest BCUT2D eigenvalue weighted by atomic mass is 9.90. The monoisotopic (exact) mass is 237 g/mol. The maximum absolute atomic E-state index is 4.55. The van der Waals surface area contributed by atoms with E-state index in [4.69, 9.17) is 0 Å². The first-order chi connectivity index (χ1) is 7.98. The zero-order chi connectivity index (χ0) is 12.9. The third kappa shape index (κ3) is 4.41. The van der Waals surface area contributed by atoms with Crippen LogP contribution in [0.2, 0.25) is 0 Å². The second kappa shape index (κ2) is 6.08. The molecule has 1 rings (SSSR count). The van der Waals surface area contributed by atoms with E-state index < -0.39 is 0 Å². The van der Waals surface area contributed by atoms with Crippen LogP contribution in [0.3, 0.4) is 0 Å². The van der Waals surface area contributed by atoms with Crippen molar-refractivity contribution in [2.45, 2.75) is 60.4 Å². The van der Waals surface area contributed by atoms with Gasteiger partial charge in [-0.1, -0.05) is 34.1 Å². The molecule has 3 nitrogen and oxygen atoms in total. The first-order valence-electron chi connectivity index (χ1n) is 6.76. The molecule has 0 bridgehead atoms. The minimum absolute atomic E-state index is 0.329. The summed E-state index contributed by atoms with van der Waals surface area (Å²) in [4.78, 5) is 4.55. The van der Waals surface area contributed by atoms with Gasteiger partial charge in [0.1, 0.15) is 0 Å². The van der Waals surface area contributed by atoms with Gasteiger partial charge in [0.05, 0.1) is 5.69 Å². The molecule has 0 unspecified atom stereocenters. The first kappa shape index (κ1) is 14.1. The second-order valence-corrected chi connectivity index (χ2v) is 5.62. The highest BCUT2D eigenvalue weighted by Gasteiger charge is 2.16. The summed E-state index contributed by atoms with van der Waals surface area (Å²) in [6.07, 6.45) is 5.74. The number of hydrogen-bond acceptors (Lipinski definition) is 2. The quantitative estimate of drug-likeness (QED) is 0.781. The van der Waals surface area contributed by atoms with Crippen LogP contribution in [0.1, 0.15) is 52.7 Å². The van der Waals surface area contributed by atoms with Crippen molar-refractivity contribution in [3.63, 3.8) is 0 Å². The van der Waals surface area contributed by atoms with Crippen molar-refractivity contribution < 1.29 is 0 Å². The van der Waals surface area contributed by atoms with E-state index in [0.29, 0.717) is 5.41 Å². The predicted molar refractivity (Wildman–Crippen MR) is 74.4 cm³/mol. The van der Waals surface area contributed by atoms with Crippen molar-refractivity contribution in [3.8, 4) is 0 Å². The average Bonchev–Trinajstić information content (AvgIpc) is 2.64. The lowest BCUT2D eigenvalue weighted by Crippen LogP contribution is -2.23. The van der Waals surface area contributed by atoms with Gasteiger partial charge in [-0.05, 0) is 25.2 Å². The molecular formula is C14H27N3. The standard InChI is InChI=1S/C14H27N3/c1-6-8-9-17-10-12(3)16-13(17)15-11-14(4,5)7-2/h10H,6-9,11H2,1-5H3,(H,15,16). The lowest BCUT2D eigenvalue weighted by molar-refractivity contribution is 0.375. The number of nitrogens with zero attached hydrogens (tertiary/aromatic N) is 2. The van der Waals surface area contributed by atoms with Crippen LogP contribution in [0.15, 0.2) is 6.20 Å². The summed E-state index contributed by atoms with van der Waals surface area (Å²) in [6.45, 7) is 13.1. The van der Waals surface area contributed by atoms with Crippen molar-refractivity contribution in [1.82, 2.24) is 9.55 Å². The van der Waals surface area contributed by atoms with Gasteiger partial charge in [-0.25, -0.2) is 4.98 Å². The van der Waals surface area contributed by atoms with Crippen LogP contribution >= 0.6 is 0 Å². The Labute approximate surface area is 106 Å². The summed E-state index contributed by atoms with van der Waals surface area (Å²) in [5.41, 5.74) is 1.42. The molecule has 0 aliphatic heterocycles. The Morgan fingerprint density at radius 2 is 2.06 bits per heavy atom. The number of hydrogen-bond donors (Lipinski definition) is 1. The van der Waals surface area contributed by atoms with Crippen LogP contribution in [0, 0.1) is 12.3 Å². The van der Waals surface area contributed by atoms with Gasteiger partial charge in [-0.15, -0.1) is 0 Å². The molecule has 0 aliphatic carbocycles. The average molecular weight is 237 g/mol. The molecule has 0 aliphatic rings. The minimum Gasteiger partial charge on any atom is -0.355 e. The largest absolute Gasteiger partial charge is 0.355 e. The van der Waals surface area contributed by atoms with Gasteiger partial charge in [-0.3, -0.25) is 0 Å². The Bertz CT molecular complexity index is 339. The van der Waals surface area contributed by atoms with Crippen molar-refractivity contribution >= 4 is 5.95 Å². The van der Waals surface area contributed by atoms with E-state index in [-0.39, 0.29) is 0 Å². The fourth-order valence-electron chi connectivity index (χ4n) is 1.63. The van der Waals surface area contributed by atoms with E-state index >= 15 is 0 Å². The molecule has 1 N–H and O–H groups in total. The minimum atomic E-state index is 0.329. The highest BCUT2D eigenvalue weighted by Crippen LogP contribution is 2.20. The number of unbranched alkanes of at least 4 members (excludes halogenated alkanes) is 1. The third-order valence-electron chi connectivity index (χ3n) is 3.33. The molecule has 0 spiro atoms. The Balaban J connectivity index is 2.63. The van der Waals surface area contributed by atoms with Crippen LogP contribution in [-0.2, 0) is 6.54 Å². The molecule has 17 heavy (non-hydrogen) atoms. The summed E-state index contributed by atoms with van der Waals surface area (Å²) in [5, 5.41) is 3.49. The van der Waals surface area contributed by atoms with Gasteiger partial charge in [-0.2, -0.15) is 0 Å². The number of nitrogens with one attached hydrogen (secondary N) is 1. The fraction of sp³-hybridized carbons (Fsp3) is 0.786. The molecule has 1 aromatic rings. The van der Waals surface area contributed by atoms with E-state index in [9.17, 15) is 0 Å². The molecule has 0 saturated heterocycles. The summed E-state index contributed by atoms with van der Waals surface area (Å²) >= 11 is 0. The number of rotatable bonds is 7. The number of imidazole rings is 1. The maximum Gasteiger partial charge on any atom is 0.203 e. The molecule has 3 heteroatoms. The summed E-state index contributed by atoms with van der Waals surface area (Å²) < 4.78 is 2.24. The first-order valence-corrected chi connectivity index (χ1v) is 6.76. The van der Waals surface area contributed by atoms with Crippen LogP contribution in [0.25, 0.3) is 0 Å². The van der Waals surface area contributed by atoms with Crippen LogP contribution in [0.4, 0.5) is 5.95 Å². The van der Waals surface area contributed by atoms with E-state index in [2.05, 4.69) is 55.7 Å². The number of aryl methyl sites for hydroxylation is 2. The highest BCUT2D eigenvalue weighted by atomic mass is 15.2. The molecule has 0 saturated carbocycles. The van der Waals surface area contributed by atoms with E-state index in [1.165, 1.54) is 19.3 Å². The topological polar surface area (TPSA) is 29.9 Å². The molecule has 98 valence electrons. The molecule has 0 atom stereocenters. The van der Waals surface area contributed by atoms with Gasteiger partial charge in [0.15, 0.2) is 0 Å². The van der Waals surface area contributed by atoms with Crippen molar-refractivity contribution in [1.29, 1.82) is 0 Å². The van der Waals surface area contributed by atoms with E-state index in [1.54, 1.807) is 0 Å². The van der Waals surface area contributed by atoms with Crippen LogP contribution < -0.4 is 5.32 Å². The van der Waals surface area contributed by atoms with Gasteiger partial charge < -0.3 is 9.88 Å². The Morgan fingerprint density at radius 3 is 2.65 bits per heavy atom. The number of aromatic nitrogens is 2. The summed E-state index contributed by atoms with van der Waals surface area (Å²) in [7, 11) is 0. The Morgan fingerprint density at radius 1 is 1.35 bits per heavy atom. The van der Waals surface area contributed by atoms with Gasteiger partial charge >= 0.3 is 0 Å². The van der Waals surface area contributed by atoms with Gasteiger partial charge in [0.25, 0.3) is 0 Å². The van der Waals surface area contributed by atoms with Gasteiger partial charge in [0, 0.05) is 19.3 Å². The zero-order valence-electron chi connectivity index (χ0n) is 12.0. The van der Waals surface area contributed by atoms with Crippen molar-refractivity contribution in [2.24, 2.45) is 5.41 Å². The number of anilines is 1. The summed E-state index contributed by atoms with van der Waals surface area (Å²) in [6, 6.07) is 0. The third-order valence-corrected chi connectivity index (χ3v) is 3.33. The molecule has 1 heterocycles. The Hall–Kier alpha value is -0.990. The van der Waals surface area contributed by atoms with E-state index in [1.807, 2.05) is 0 Å². The highest BCUT2D eigenvalue weighted by molar-refractivity contribution is 5.29. The molecule has 1 aromatic heterocycles. The molecule has 0 radical (unpaired) electrons. The smallest absolute Gasteiger partial charge is 0.203 e.